The molecular formula is C17H28ClIN4O2S. The second-order valence-electron chi connectivity index (χ2n) is 6.48. The van der Waals surface area contributed by atoms with Gasteiger partial charge in [0.15, 0.2) is 5.96 Å². The summed E-state index contributed by atoms with van der Waals surface area (Å²) in [6.07, 6.45) is 3.01. The van der Waals surface area contributed by atoms with Gasteiger partial charge in [0.05, 0.1) is 6.26 Å². The van der Waals surface area contributed by atoms with E-state index in [9.17, 15) is 8.42 Å². The number of halogens is 2. The zero-order valence-electron chi connectivity index (χ0n) is 15.5. The summed E-state index contributed by atoms with van der Waals surface area (Å²) in [4.78, 5) is 6.37. The average molecular weight is 515 g/mol. The fraction of sp³-hybridized carbons (Fsp3) is 0.588. The van der Waals surface area contributed by atoms with Crippen molar-refractivity contribution >= 4 is 51.6 Å². The van der Waals surface area contributed by atoms with E-state index in [1.165, 1.54) is 6.26 Å². The molecule has 0 saturated carbocycles. The van der Waals surface area contributed by atoms with Gasteiger partial charge in [0, 0.05) is 45.3 Å². The number of rotatable bonds is 5. The van der Waals surface area contributed by atoms with Crippen molar-refractivity contribution < 1.29 is 8.42 Å². The Morgan fingerprint density at radius 3 is 2.50 bits per heavy atom. The molecule has 0 unspecified atom stereocenters. The van der Waals surface area contributed by atoms with E-state index in [0.717, 1.165) is 35.9 Å². The quantitative estimate of drug-likeness (QED) is 0.373. The highest BCUT2D eigenvalue weighted by Gasteiger charge is 2.25. The predicted molar refractivity (Wildman–Crippen MR) is 119 cm³/mol. The van der Waals surface area contributed by atoms with Crippen molar-refractivity contribution in [1.29, 1.82) is 0 Å². The maximum atomic E-state index is 11.6. The van der Waals surface area contributed by atoms with Gasteiger partial charge in [0.2, 0.25) is 10.0 Å². The van der Waals surface area contributed by atoms with Crippen LogP contribution in [0.4, 0.5) is 0 Å². The Hall–Kier alpha value is -0.580. The molecule has 1 fully saturated rings. The molecule has 1 aromatic rings. The van der Waals surface area contributed by atoms with Gasteiger partial charge in [-0.2, -0.15) is 0 Å². The molecule has 1 saturated heterocycles. The summed E-state index contributed by atoms with van der Waals surface area (Å²) in [6, 6.07) is 7.78. The summed E-state index contributed by atoms with van der Waals surface area (Å²) in [7, 11) is 0.670. The number of hydrogen-bond donors (Lipinski definition) is 1. The molecule has 2 rings (SSSR count). The molecule has 0 amide bonds. The smallest absolute Gasteiger partial charge is 0.211 e. The molecule has 1 heterocycles. The fourth-order valence-corrected chi connectivity index (χ4v) is 4.09. The van der Waals surface area contributed by atoms with Gasteiger partial charge in [-0.25, -0.2) is 12.7 Å². The van der Waals surface area contributed by atoms with Crippen LogP contribution < -0.4 is 5.32 Å². The molecular weight excluding hydrogens is 487 g/mol. The first kappa shape index (κ1) is 23.5. The zero-order valence-corrected chi connectivity index (χ0v) is 19.4. The van der Waals surface area contributed by atoms with Crippen molar-refractivity contribution in [1.82, 2.24) is 14.5 Å². The standard InChI is InChI=1S/C17H27ClN4O2S.HI/c1-19-17(21(2)13-15-6-4-5-7-16(15)18)20-12-14-8-10-22(11-9-14)25(3,23)24;/h4-7,14H,8-13H2,1-3H3,(H,19,20);1H. The van der Waals surface area contributed by atoms with Crippen LogP contribution in [0.2, 0.25) is 5.02 Å². The minimum absolute atomic E-state index is 0. The van der Waals surface area contributed by atoms with E-state index >= 15 is 0 Å². The number of hydrogen-bond acceptors (Lipinski definition) is 3. The third-order valence-electron chi connectivity index (χ3n) is 4.53. The first-order chi connectivity index (χ1) is 11.8. The fourth-order valence-electron chi connectivity index (χ4n) is 3.02. The molecule has 0 aromatic heterocycles. The van der Waals surface area contributed by atoms with Crippen LogP contribution in [0.25, 0.3) is 0 Å². The lowest BCUT2D eigenvalue weighted by atomic mass is 9.98. The normalized spacial score (nSPS) is 16.8. The van der Waals surface area contributed by atoms with Crippen LogP contribution in [0.15, 0.2) is 29.3 Å². The van der Waals surface area contributed by atoms with Gasteiger partial charge < -0.3 is 10.2 Å². The third kappa shape index (κ3) is 6.86. The monoisotopic (exact) mass is 514 g/mol. The summed E-state index contributed by atoms with van der Waals surface area (Å²) >= 11 is 6.22. The molecule has 0 spiro atoms. The summed E-state index contributed by atoms with van der Waals surface area (Å²) in [5.41, 5.74) is 1.05. The van der Waals surface area contributed by atoms with Crippen molar-refractivity contribution in [3.63, 3.8) is 0 Å². The van der Waals surface area contributed by atoms with Crippen molar-refractivity contribution in [3.8, 4) is 0 Å². The molecule has 0 aliphatic carbocycles. The van der Waals surface area contributed by atoms with E-state index in [-0.39, 0.29) is 24.0 Å². The van der Waals surface area contributed by atoms with Crippen LogP contribution in [-0.4, -0.2) is 63.6 Å². The number of nitrogens with zero attached hydrogens (tertiary/aromatic N) is 3. The largest absolute Gasteiger partial charge is 0.356 e. The number of guanidine groups is 1. The third-order valence-corrected chi connectivity index (χ3v) is 6.20. The number of sulfonamides is 1. The molecule has 26 heavy (non-hydrogen) atoms. The molecule has 9 heteroatoms. The van der Waals surface area contributed by atoms with Crippen LogP contribution in [0.5, 0.6) is 0 Å². The number of piperidine rings is 1. The predicted octanol–water partition coefficient (Wildman–Crippen LogP) is 2.64. The topological polar surface area (TPSA) is 65.0 Å². The van der Waals surface area contributed by atoms with Crippen LogP contribution in [0.3, 0.4) is 0 Å². The highest BCUT2D eigenvalue weighted by molar-refractivity contribution is 14.0. The van der Waals surface area contributed by atoms with Gasteiger partial charge in [-0.05, 0) is 30.4 Å². The van der Waals surface area contributed by atoms with Crippen molar-refractivity contribution in [2.24, 2.45) is 10.9 Å². The van der Waals surface area contributed by atoms with Crippen LogP contribution in [-0.2, 0) is 16.6 Å². The van der Waals surface area contributed by atoms with Crippen molar-refractivity contribution in [2.75, 3.05) is 40.0 Å². The zero-order chi connectivity index (χ0) is 18.4. The number of benzene rings is 1. The second-order valence-corrected chi connectivity index (χ2v) is 8.87. The summed E-state index contributed by atoms with van der Waals surface area (Å²) in [5.74, 6) is 1.26. The van der Waals surface area contributed by atoms with Crippen LogP contribution >= 0.6 is 35.6 Å². The highest BCUT2D eigenvalue weighted by Crippen LogP contribution is 2.19. The minimum Gasteiger partial charge on any atom is -0.356 e. The molecule has 0 radical (unpaired) electrons. The lowest BCUT2D eigenvalue weighted by molar-refractivity contribution is 0.273. The van der Waals surface area contributed by atoms with Gasteiger partial charge in [-0.15, -0.1) is 24.0 Å². The summed E-state index contributed by atoms with van der Waals surface area (Å²) in [5, 5.41) is 4.15. The molecule has 1 N–H and O–H groups in total. The van der Waals surface area contributed by atoms with Gasteiger partial charge in [-0.3, -0.25) is 4.99 Å². The molecule has 148 valence electrons. The van der Waals surface area contributed by atoms with Gasteiger partial charge in [0.1, 0.15) is 0 Å². The second kappa shape index (κ2) is 10.7. The molecule has 1 aliphatic heterocycles. The molecule has 0 bridgehead atoms. The average Bonchev–Trinajstić information content (AvgIpc) is 2.57. The Labute approximate surface area is 179 Å². The number of nitrogens with one attached hydrogen (secondary N) is 1. The molecule has 0 atom stereocenters. The Bertz CT molecular complexity index is 706. The number of aliphatic imine (C=N–C) groups is 1. The van der Waals surface area contributed by atoms with E-state index in [1.54, 1.807) is 11.4 Å². The van der Waals surface area contributed by atoms with E-state index in [4.69, 9.17) is 11.6 Å². The van der Waals surface area contributed by atoms with E-state index in [2.05, 4.69) is 10.3 Å². The van der Waals surface area contributed by atoms with E-state index in [0.29, 0.717) is 25.6 Å². The SMILES string of the molecule is CN=C(NCC1CCN(S(C)(=O)=O)CC1)N(C)Cc1ccccc1Cl.I. The molecule has 1 aromatic carbocycles. The summed E-state index contributed by atoms with van der Waals surface area (Å²) < 4.78 is 24.7. The van der Waals surface area contributed by atoms with Crippen molar-refractivity contribution in [3.05, 3.63) is 34.9 Å². The minimum atomic E-state index is -3.07. The highest BCUT2D eigenvalue weighted by atomic mass is 127. The van der Waals surface area contributed by atoms with Crippen LogP contribution in [0.1, 0.15) is 18.4 Å². The first-order valence-corrected chi connectivity index (χ1v) is 10.6. The van der Waals surface area contributed by atoms with Gasteiger partial charge in [-0.1, -0.05) is 29.8 Å². The van der Waals surface area contributed by atoms with Gasteiger partial charge >= 0.3 is 0 Å². The maximum absolute atomic E-state index is 11.6. The molecule has 1 aliphatic rings. The summed E-state index contributed by atoms with van der Waals surface area (Å²) in [6.45, 7) is 2.65. The Morgan fingerprint density at radius 1 is 1.35 bits per heavy atom. The Balaban J connectivity index is 0.00000338. The van der Waals surface area contributed by atoms with Crippen molar-refractivity contribution in [2.45, 2.75) is 19.4 Å². The Kier molecular flexibility index (Phi) is 9.63. The van der Waals surface area contributed by atoms with Gasteiger partial charge in [0.25, 0.3) is 0 Å². The lowest BCUT2D eigenvalue weighted by Gasteiger charge is -2.31. The maximum Gasteiger partial charge on any atom is 0.211 e. The Morgan fingerprint density at radius 2 is 1.96 bits per heavy atom. The molecule has 6 nitrogen and oxygen atoms in total. The van der Waals surface area contributed by atoms with E-state index in [1.807, 2.05) is 36.2 Å². The van der Waals surface area contributed by atoms with Crippen LogP contribution in [0, 0.1) is 5.92 Å². The first-order valence-electron chi connectivity index (χ1n) is 8.41. The van der Waals surface area contributed by atoms with E-state index < -0.39 is 10.0 Å². The lowest BCUT2D eigenvalue weighted by Crippen LogP contribution is -2.44.